The highest BCUT2D eigenvalue weighted by Gasteiger charge is 2.26. The standard InChI is InChI=1S/C34H43FN4O4/c1-22-10-12-28-26(16-22)24(20-37-28)19-31(40)38-29(32(41)36-15-9-7-6-8-14-35)18-25-21-39(33(42)43-34(3,4)5)30-13-11-23(2)17-27(25)30/h10-13,16-17,20-21,29,37H,6-9,14-15,18-19H2,1-5H3,(H,36,41)(H,38,40)/t29-/m0/s1. The highest BCUT2D eigenvalue weighted by molar-refractivity contribution is 5.95. The molecule has 9 heteroatoms. The van der Waals surface area contributed by atoms with Gasteiger partial charge in [0.1, 0.15) is 11.6 Å². The van der Waals surface area contributed by atoms with E-state index in [1.807, 2.05) is 77.2 Å². The van der Waals surface area contributed by atoms with Crippen LogP contribution in [0.25, 0.3) is 21.8 Å². The van der Waals surface area contributed by atoms with Gasteiger partial charge in [-0.3, -0.25) is 18.5 Å². The van der Waals surface area contributed by atoms with Gasteiger partial charge < -0.3 is 20.4 Å². The Balaban J connectivity index is 1.58. The number of alkyl halides is 1. The van der Waals surface area contributed by atoms with Gasteiger partial charge in [0.2, 0.25) is 11.8 Å². The first-order valence-electron chi connectivity index (χ1n) is 15.0. The average molecular weight is 591 g/mol. The van der Waals surface area contributed by atoms with E-state index in [0.717, 1.165) is 57.8 Å². The molecule has 43 heavy (non-hydrogen) atoms. The van der Waals surface area contributed by atoms with Crippen LogP contribution in [0.2, 0.25) is 0 Å². The molecule has 0 aliphatic rings. The summed E-state index contributed by atoms with van der Waals surface area (Å²) in [5, 5.41) is 7.70. The molecule has 8 nitrogen and oxygen atoms in total. The van der Waals surface area contributed by atoms with E-state index in [9.17, 15) is 18.8 Å². The number of nitrogens with zero attached hydrogens (tertiary/aromatic N) is 1. The summed E-state index contributed by atoms with van der Waals surface area (Å²) in [5.74, 6) is -0.586. The SMILES string of the molecule is Cc1ccc2[nH]cc(CC(=O)N[C@@H](Cc3cn(C(=O)OC(C)(C)C)c4ccc(C)cc34)C(=O)NCCCCCCF)c2c1. The second-order valence-electron chi connectivity index (χ2n) is 12.3. The first-order chi connectivity index (χ1) is 20.4. The van der Waals surface area contributed by atoms with E-state index >= 15 is 0 Å². The summed E-state index contributed by atoms with van der Waals surface area (Å²) < 4.78 is 19.5. The van der Waals surface area contributed by atoms with E-state index in [4.69, 9.17) is 4.74 Å². The first kappa shape index (κ1) is 31.8. The fraction of sp³-hybridized carbons (Fsp3) is 0.441. The van der Waals surface area contributed by atoms with Crippen molar-refractivity contribution in [2.75, 3.05) is 13.2 Å². The monoisotopic (exact) mass is 590 g/mol. The molecule has 2 heterocycles. The normalized spacial score (nSPS) is 12.4. The highest BCUT2D eigenvalue weighted by Crippen LogP contribution is 2.26. The predicted molar refractivity (Wildman–Crippen MR) is 168 cm³/mol. The van der Waals surface area contributed by atoms with Gasteiger partial charge in [-0.2, -0.15) is 0 Å². The molecular formula is C34H43FN4O4. The fourth-order valence-electron chi connectivity index (χ4n) is 5.23. The van der Waals surface area contributed by atoms with Gasteiger partial charge in [-0.15, -0.1) is 0 Å². The van der Waals surface area contributed by atoms with Crippen molar-refractivity contribution >= 4 is 39.7 Å². The predicted octanol–water partition coefficient (Wildman–Crippen LogP) is 6.44. The van der Waals surface area contributed by atoms with Crippen molar-refractivity contribution in [3.8, 4) is 0 Å². The first-order valence-corrected chi connectivity index (χ1v) is 15.0. The third kappa shape index (κ3) is 8.46. The number of benzene rings is 2. The number of hydrogen-bond acceptors (Lipinski definition) is 4. The van der Waals surface area contributed by atoms with E-state index in [1.165, 1.54) is 4.57 Å². The zero-order valence-electron chi connectivity index (χ0n) is 25.8. The maximum Gasteiger partial charge on any atom is 0.419 e. The molecule has 0 fully saturated rings. The van der Waals surface area contributed by atoms with Crippen molar-refractivity contribution in [3.63, 3.8) is 0 Å². The van der Waals surface area contributed by atoms with Crippen LogP contribution in [0.4, 0.5) is 9.18 Å². The van der Waals surface area contributed by atoms with Crippen molar-refractivity contribution in [1.82, 2.24) is 20.2 Å². The van der Waals surface area contributed by atoms with E-state index in [2.05, 4.69) is 15.6 Å². The minimum Gasteiger partial charge on any atom is -0.443 e. The number of fused-ring (bicyclic) bond motifs is 2. The zero-order chi connectivity index (χ0) is 31.1. The second kappa shape index (κ2) is 13.9. The molecular weight excluding hydrogens is 547 g/mol. The smallest absolute Gasteiger partial charge is 0.419 e. The lowest BCUT2D eigenvalue weighted by Gasteiger charge is -2.20. The van der Waals surface area contributed by atoms with Crippen LogP contribution in [0.3, 0.4) is 0 Å². The zero-order valence-corrected chi connectivity index (χ0v) is 25.8. The number of aryl methyl sites for hydroxylation is 2. The van der Waals surface area contributed by atoms with Gasteiger partial charge >= 0.3 is 6.09 Å². The number of amides is 2. The molecule has 4 aromatic rings. The quantitative estimate of drug-likeness (QED) is 0.165. The van der Waals surface area contributed by atoms with Gasteiger partial charge in [-0.05, 0) is 82.9 Å². The molecule has 0 unspecified atom stereocenters. The molecule has 3 N–H and O–H groups in total. The van der Waals surface area contributed by atoms with Gasteiger partial charge in [0.05, 0.1) is 18.6 Å². The Morgan fingerprint density at radius 3 is 2.37 bits per heavy atom. The number of H-pyrrole nitrogens is 1. The van der Waals surface area contributed by atoms with Crippen molar-refractivity contribution in [1.29, 1.82) is 0 Å². The molecule has 0 aliphatic carbocycles. The number of aromatic nitrogens is 2. The molecule has 0 saturated carbocycles. The number of carbonyl (C=O) groups excluding carboxylic acids is 3. The highest BCUT2D eigenvalue weighted by atomic mass is 19.1. The van der Waals surface area contributed by atoms with Crippen LogP contribution in [0, 0.1) is 13.8 Å². The Morgan fingerprint density at radius 2 is 1.65 bits per heavy atom. The molecule has 0 saturated heterocycles. The molecule has 0 bridgehead atoms. The van der Waals surface area contributed by atoms with Crippen LogP contribution >= 0.6 is 0 Å². The number of carbonyl (C=O) groups is 3. The third-order valence-corrected chi connectivity index (χ3v) is 7.34. The van der Waals surface area contributed by atoms with Crippen LogP contribution in [-0.2, 0) is 27.2 Å². The van der Waals surface area contributed by atoms with Gasteiger partial charge in [-0.25, -0.2) is 4.79 Å². The lowest BCUT2D eigenvalue weighted by atomic mass is 10.0. The van der Waals surface area contributed by atoms with Crippen molar-refractivity contribution in [3.05, 3.63) is 71.0 Å². The molecule has 2 aromatic carbocycles. The number of rotatable bonds is 12. The second-order valence-corrected chi connectivity index (χ2v) is 12.3. The van der Waals surface area contributed by atoms with Gasteiger partial charge in [0, 0.05) is 41.6 Å². The summed E-state index contributed by atoms with van der Waals surface area (Å²) in [6.07, 6.45) is 6.11. The maximum atomic E-state index is 13.5. The average Bonchev–Trinajstić information content (AvgIpc) is 3.49. The van der Waals surface area contributed by atoms with Crippen LogP contribution in [-0.4, -0.2) is 52.3 Å². The topological polar surface area (TPSA) is 105 Å². The minimum atomic E-state index is -0.872. The number of ether oxygens (including phenoxy) is 1. The summed E-state index contributed by atoms with van der Waals surface area (Å²) in [5.41, 5.74) is 4.62. The van der Waals surface area contributed by atoms with Crippen molar-refractivity contribution in [2.45, 2.75) is 84.8 Å². The third-order valence-electron chi connectivity index (χ3n) is 7.34. The molecule has 0 aliphatic heterocycles. The summed E-state index contributed by atoms with van der Waals surface area (Å²) in [7, 11) is 0. The number of halogens is 1. The number of unbranched alkanes of at least 4 members (excludes halogenated alkanes) is 3. The number of hydrogen-bond donors (Lipinski definition) is 3. The van der Waals surface area contributed by atoms with Gasteiger partial charge in [0.15, 0.2) is 0 Å². The van der Waals surface area contributed by atoms with Gasteiger partial charge in [-0.1, -0.05) is 36.1 Å². The van der Waals surface area contributed by atoms with Crippen LogP contribution < -0.4 is 10.6 Å². The van der Waals surface area contributed by atoms with E-state index < -0.39 is 17.7 Å². The Bertz CT molecular complexity index is 1600. The van der Waals surface area contributed by atoms with Crippen LogP contribution in [0.5, 0.6) is 0 Å². The number of nitrogens with one attached hydrogen (secondary N) is 3. The van der Waals surface area contributed by atoms with E-state index in [0.29, 0.717) is 18.5 Å². The lowest BCUT2D eigenvalue weighted by molar-refractivity contribution is -0.128. The minimum absolute atomic E-state index is 0.106. The molecule has 2 amide bonds. The van der Waals surface area contributed by atoms with E-state index in [1.54, 1.807) is 6.20 Å². The molecule has 0 radical (unpaired) electrons. The van der Waals surface area contributed by atoms with Crippen molar-refractivity contribution < 1.29 is 23.5 Å². The lowest BCUT2D eigenvalue weighted by Crippen LogP contribution is -2.48. The summed E-state index contributed by atoms with van der Waals surface area (Å²) in [6.45, 7) is 9.48. The fourth-order valence-corrected chi connectivity index (χ4v) is 5.23. The molecule has 2 aromatic heterocycles. The Hall–Kier alpha value is -4.14. The van der Waals surface area contributed by atoms with Crippen LogP contribution in [0.1, 0.15) is 68.7 Å². The maximum absolute atomic E-state index is 13.5. The summed E-state index contributed by atoms with van der Waals surface area (Å²) >= 11 is 0. The van der Waals surface area contributed by atoms with Gasteiger partial charge in [0.25, 0.3) is 0 Å². The molecule has 0 spiro atoms. The molecule has 4 rings (SSSR count). The van der Waals surface area contributed by atoms with Crippen LogP contribution in [0.15, 0.2) is 48.8 Å². The van der Waals surface area contributed by atoms with E-state index in [-0.39, 0.29) is 31.3 Å². The Kier molecular flexibility index (Phi) is 10.3. The summed E-state index contributed by atoms with van der Waals surface area (Å²) in [4.78, 5) is 43.1. The van der Waals surface area contributed by atoms with Crippen molar-refractivity contribution in [2.24, 2.45) is 0 Å². The molecule has 1 atom stereocenters. The Labute approximate surface area is 252 Å². The molecule has 230 valence electrons. The largest absolute Gasteiger partial charge is 0.443 e. The number of aromatic amines is 1. The summed E-state index contributed by atoms with van der Waals surface area (Å²) in [6, 6.07) is 10.9. The Morgan fingerprint density at radius 1 is 0.953 bits per heavy atom.